The van der Waals surface area contributed by atoms with Crippen LogP contribution in [0.4, 0.5) is 5.69 Å². The van der Waals surface area contributed by atoms with Gasteiger partial charge < -0.3 is 4.84 Å². The molecule has 0 radical (unpaired) electrons. The first-order valence-electron chi connectivity index (χ1n) is 7.96. The van der Waals surface area contributed by atoms with Crippen LogP contribution in [0.3, 0.4) is 0 Å². The highest BCUT2D eigenvalue weighted by molar-refractivity contribution is 6.33. The maximum absolute atomic E-state index is 12.9. The first-order chi connectivity index (χ1) is 12.5. The van der Waals surface area contributed by atoms with Crippen LogP contribution in [-0.2, 0) is 14.4 Å². The first kappa shape index (κ1) is 16.5. The molecule has 2 aliphatic rings. The van der Waals surface area contributed by atoms with Gasteiger partial charge in [-0.1, -0.05) is 28.9 Å². The van der Waals surface area contributed by atoms with Gasteiger partial charge in [0.1, 0.15) is 11.6 Å². The van der Waals surface area contributed by atoms with E-state index in [-0.39, 0.29) is 5.78 Å². The molecule has 2 heterocycles. The highest BCUT2D eigenvalue weighted by Gasteiger charge is 2.56. The molecule has 1 saturated heterocycles. The Hall–Kier alpha value is -2.99. The third kappa shape index (κ3) is 2.50. The lowest BCUT2D eigenvalue weighted by Crippen LogP contribution is -2.33. The van der Waals surface area contributed by atoms with Crippen molar-refractivity contribution in [1.82, 2.24) is 0 Å². The van der Waals surface area contributed by atoms with Crippen LogP contribution in [0, 0.1) is 5.92 Å². The molecule has 26 heavy (non-hydrogen) atoms. The molecule has 2 aromatic carbocycles. The molecule has 6 nitrogen and oxygen atoms in total. The first-order valence-corrected chi connectivity index (χ1v) is 8.33. The number of imide groups is 1. The normalized spacial score (nSPS) is 21.5. The minimum atomic E-state index is -0.972. The average Bonchev–Trinajstić information content (AvgIpc) is 3.17. The molecule has 2 aromatic rings. The van der Waals surface area contributed by atoms with E-state index < -0.39 is 23.8 Å². The summed E-state index contributed by atoms with van der Waals surface area (Å²) in [6, 6.07) is 13.2. The smallest absolute Gasteiger partial charge is 0.278 e. The van der Waals surface area contributed by atoms with Gasteiger partial charge in [-0.2, -0.15) is 0 Å². The van der Waals surface area contributed by atoms with Crippen LogP contribution in [0.15, 0.2) is 53.7 Å². The number of nitrogens with zero attached hydrogens (tertiary/aromatic N) is 2. The number of oxime groups is 1. The molecule has 2 unspecified atom stereocenters. The third-order valence-corrected chi connectivity index (χ3v) is 4.74. The Morgan fingerprint density at radius 3 is 2.31 bits per heavy atom. The second kappa shape index (κ2) is 6.07. The number of carbonyl (C=O) groups excluding carboxylic acids is 3. The van der Waals surface area contributed by atoms with Gasteiger partial charge in [0, 0.05) is 16.1 Å². The quantitative estimate of drug-likeness (QED) is 0.616. The zero-order valence-corrected chi connectivity index (χ0v) is 14.4. The molecule has 4 rings (SSSR count). The van der Waals surface area contributed by atoms with Crippen LogP contribution in [-0.4, -0.2) is 29.4 Å². The fourth-order valence-electron chi connectivity index (χ4n) is 3.14. The van der Waals surface area contributed by atoms with E-state index in [0.29, 0.717) is 27.5 Å². The fraction of sp³-hybridized carbons (Fsp3) is 0.158. The van der Waals surface area contributed by atoms with Gasteiger partial charge in [0.25, 0.3) is 5.91 Å². The lowest BCUT2D eigenvalue weighted by molar-refractivity contribution is -0.126. The molecule has 130 valence electrons. The van der Waals surface area contributed by atoms with Crippen molar-refractivity contribution in [2.45, 2.75) is 13.0 Å². The third-order valence-electron chi connectivity index (χ3n) is 4.48. The minimum absolute atomic E-state index is 0.0898. The summed E-state index contributed by atoms with van der Waals surface area (Å²) in [6.45, 7) is 1.45. The van der Waals surface area contributed by atoms with E-state index in [0.717, 1.165) is 4.90 Å². The number of halogens is 1. The summed E-state index contributed by atoms with van der Waals surface area (Å²) in [6.07, 6.45) is -0.972. The van der Waals surface area contributed by atoms with Gasteiger partial charge in [-0.3, -0.25) is 14.4 Å². The topological polar surface area (TPSA) is 76.0 Å². The van der Waals surface area contributed by atoms with E-state index in [2.05, 4.69) is 5.16 Å². The van der Waals surface area contributed by atoms with Crippen LogP contribution in [0.25, 0.3) is 0 Å². The Kier molecular flexibility index (Phi) is 3.85. The van der Waals surface area contributed by atoms with Crippen molar-refractivity contribution in [1.29, 1.82) is 0 Å². The monoisotopic (exact) mass is 368 g/mol. The summed E-state index contributed by atoms with van der Waals surface area (Å²) in [5.41, 5.74) is 2.00. The Bertz CT molecular complexity index is 951. The Labute approximate surface area is 154 Å². The number of carbonyl (C=O) groups is 3. The van der Waals surface area contributed by atoms with Gasteiger partial charge in [-0.15, -0.1) is 0 Å². The van der Waals surface area contributed by atoms with Crippen LogP contribution in [0.5, 0.6) is 0 Å². The van der Waals surface area contributed by atoms with Gasteiger partial charge in [0.05, 0.1) is 5.69 Å². The van der Waals surface area contributed by atoms with Gasteiger partial charge in [-0.25, -0.2) is 4.90 Å². The number of hydrogen-bond donors (Lipinski definition) is 0. The van der Waals surface area contributed by atoms with E-state index in [4.69, 9.17) is 16.4 Å². The number of ketones is 1. The van der Waals surface area contributed by atoms with E-state index in [1.54, 1.807) is 48.5 Å². The molecule has 1 fully saturated rings. The number of benzene rings is 2. The molecule has 0 spiro atoms. The second-order valence-electron chi connectivity index (χ2n) is 6.10. The summed E-state index contributed by atoms with van der Waals surface area (Å²) in [7, 11) is 0. The zero-order valence-electron chi connectivity index (χ0n) is 13.7. The number of anilines is 1. The van der Waals surface area contributed by atoms with Crippen LogP contribution in [0.1, 0.15) is 22.8 Å². The van der Waals surface area contributed by atoms with Crippen molar-refractivity contribution in [3.8, 4) is 0 Å². The number of hydrogen-bond acceptors (Lipinski definition) is 5. The summed E-state index contributed by atoms with van der Waals surface area (Å²) in [5.74, 6) is -1.76. The second-order valence-corrected chi connectivity index (χ2v) is 6.54. The molecule has 0 aliphatic carbocycles. The van der Waals surface area contributed by atoms with E-state index >= 15 is 0 Å². The van der Waals surface area contributed by atoms with Crippen molar-refractivity contribution in [2.75, 3.05) is 4.90 Å². The molecule has 0 bridgehead atoms. The van der Waals surface area contributed by atoms with Gasteiger partial charge in [-0.05, 0) is 43.3 Å². The van der Waals surface area contributed by atoms with Crippen LogP contribution < -0.4 is 4.90 Å². The zero-order chi connectivity index (χ0) is 18.4. The lowest BCUT2D eigenvalue weighted by Gasteiger charge is -2.15. The SMILES string of the molecule is CC(=O)c1ccc(N2C(=O)C3ON=C(c4ccc(Cl)cc4)C3C2=O)cc1. The number of Topliss-reactive ketones (excluding diaryl/α,β-unsaturated/α-hetero) is 1. The molecule has 0 N–H and O–H groups in total. The number of fused-ring (bicyclic) bond motifs is 1. The summed E-state index contributed by atoms with van der Waals surface area (Å²) >= 11 is 5.90. The molecule has 0 aromatic heterocycles. The van der Waals surface area contributed by atoms with E-state index in [1.807, 2.05) is 0 Å². The Morgan fingerprint density at radius 1 is 1.04 bits per heavy atom. The largest absolute Gasteiger partial charge is 0.381 e. The Morgan fingerprint density at radius 2 is 1.69 bits per heavy atom. The Balaban J connectivity index is 1.66. The molecular formula is C19H13ClN2O4. The standard InChI is InChI=1S/C19H13ClN2O4/c1-10(23)11-4-8-14(9-5-11)22-18(24)15-16(21-26-17(15)19(22)25)12-2-6-13(20)7-3-12/h2-9,15,17H,1H3. The highest BCUT2D eigenvalue weighted by atomic mass is 35.5. The molecule has 2 atom stereocenters. The molecule has 2 aliphatic heterocycles. The highest BCUT2D eigenvalue weighted by Crippen LogP contribution is 2.35. The van der Waals surface area contributed by atoms with Gasteiger partial charge in [0.2, 0.25) is 12.0 Å². The summed E-state index contributed by atoms with van der Waals surface area (Å²) in [4.78, 5) is 43.3. The van der Waals surface area contributed by atoms with E-state index in [1.165, 1.54) is 6.92 Å². The van der Waals surface area contributed by atoms with Crippen molar-refractivity contribution < 1.29 is 19.2 Å². The predicted octanol–water partition coefficient (Wildman–Crippen LogP) is 2.84. The van der Waals surface area contributed by atoms with Crippen LogP contribution >= 0.6 is 11.6 Å². The van der Waals surface area contributed by atoms with E-state index in [9.17, 15) is 14.4 Å². The lowest BCUT2D eigenvalue weighted by atomic mass is 9.94. The minimum Gasteiger partial charge on any atom is -0.381 e. The van der Waals surface area contributed by atoms with Gasteiger partial charge in [0.15, 0.2) is 5.78 Å². The molecule has 7 heteroatoms. The summed E-state index contributed by atoms with van der Waals surface area (Å²) < 4.78 is 0. The van der Waals surface area contributed by atoms with Crippen molar-refractivity contribution >= 4 is 40.6 Å². The maximum atomic E-state index is 12.9. The fourth-order valence-corrected chi connectivity index (χ4v) is 3.26. The number of amides is 2. The number of rotatable bonds is 3. The van der Waals surface area contributed by atoms with Crippen molar-refractivity contribution in [3.63, 3.8) is 0 Å². The van der Waals surface area contributed by atoms with Crippen LogP contribution in [0.2, 0.25) is 5.02 Å². The maximum Gasteiger partial charge on any atom is 0.278 e. The molecular weight excluding hydrogens is 356 g/mol. The summed E-state index contributed by atoms with van der Waals surface area (Å²) in [5, 5.41) is 4.51. The van der Waals surface area contributed by atoms with Gasteiger partial charge >= 0.3 is 0 Å². The molecule has 0 saturated carbocycles. The average molecular weight is 369 g/mol. The van der Waals surface area contributed by atoms with Crippen molar-refractivity contribution in [3.05, 3.63) is 64.7 Å². The predicted molar refractivity (Wildman–Crippen MR) is 95.3 cm³/mol. The van der Waals surface area contributed by atoms with Crippen molar-refractivity contribution in [2.24, 2.45) is 11.1 Å². The molecule has 2 amide bonds.